The summed E-state index contributed by atoms with van der Waals surface area (Å²) in [4.78, 5) is 12.5. The summed E-state index contributed by atoms with van der Waals surface area (Å²) in [6.45, 7) is 2.08. The zero-order valence-corrected chi connectivity index (χ0v) is 22.2. The van der Waals surface area contributed by atoms with Crippen LogP contribution in [-0.4, -0.2) is 12.1 Å². The molecule has 2 nitrogen and oxygen atoms in total. The van der Waals surface area contributed by atoms with Crippen molar-refractivity contribution in [2.24, 2.45) is 11.8 Å². The Morgan fingerprint density at radius 2 is 1.21 bits per heavy atom. The van der Waals surface area contributed by atoms with E-state index in [1.165, 1.54) is 0 Å². The van der Waals surface area contributed by atoms with Gasteiger partial charge in [0.2, 0.25) is 0 Å². The van der Waals surface area contributed by atoms with Crippen LogP contribution in [0.4, 0.5) is 39.5 Å². The highest BCUT2D eigenvalue weighted by molar-refractivity contribution is 5.77. The van der Waals surface area contributed by atoms with Gasteiger partial charge in [-0.2, -0.15) is 13.2 Å². The second kappa shape index (κ2) is 12.6. The third kappa shape index (κ3) is 7.17. The van der Waals surface area contributed by atoms with Gasteiger partial charge in [-0.15, -0.1) is 0 Å². The summed E-state index contributed by atoms with van der Waals surface area (Å²) in [5.41, 5.74) is -4.18. The van der Waals surface area contributed by atoms with E-state index >= 15 is 0 Å². The number of hydrogen-bond acceptors (Lipinski definition) is 2. The van der Waals surface area contributed by atoms with Crippen molar-refractivity contribution in [2.45, 2.75) is 51.6 Å². The molecule has 0 atom stereocenters. The van der Waals surface area contributed by atoms with Gasteiger partial charge >= 0.3 is 12.1 Å². The van der Waals surface area contributed by atoms with Gasteiger partial charge in [0.15, 0.2) is 0 Å². The summed E-state index contributed by atoms with van der Waals surface area (Å²) in [5, 5.41) is 0. The minimum Gasteiger partial charge on any atom is -0.426 e. The van der Waals surface area contributed by atoms with Crippen LogP contribution in [0.5, 0.6) is 5.75 Å². The molecule has 0 saturated heterocycles. The Morgan fingerprint density at radius 1 is 0.762 bits per heavy atom. The minimum atomic E-state index is -4.86. The smallest absolute Gasteiger partial charge is 0.409 e. The molecule has 0 amide bonds. The molecule has 1 saturated carbocycles. The molecule has 1 fully saturated rings. The SMILES string of the molecule is CCCC1CCC(C(=O)Oc2cc(F)c(-c3cc(F)c(-c4cc(F)c(/C=C/C(F)(F)F)c(F)c4)c(F)c3)c(F)c2)CC1. The average Bonchev–Trinajstić information content (AvgIpc) is 2.87. The molecule has 0 bridgehead atoms. The van der Waals surface area contributed by atoms with Gasteiger partial charge in [0.25, 0.3) is 0 Å². The number of ether oxygens (including phenoxy) is 1. The van der Waals surface area contributed by atoms with Crippen molar-refractivity contribution in [3.05, 3.63) is 82.9 Å². The van der Waals surface area contributed by atoms with Crippen molar-refractivity contribution in [1.82, 2.24) is 0 Å². The number of allylic oxidation sites excluding steroid dienone is 1. The Hall–Kier alpha value is -3.76. The van der Waals surface area contributed by atoms with E-state index in [9.17, 15) is 44.3 Å². The summed E-state index contributed by atoms with van der Waals surface area (Å²) >= 11 is 0. The van der Waals surface area contributed by atoms with Crippen molar-refractivity contribution < 1.29 is 49.0 Å². The van der Waals surface area contributed by atoms with E-state index in [1.54, 1.807) is 0 Å². The van der Waals surface area contributed by atoms with E-state index in [1.807, 2.05) is 0 Å². The molecule has 0 heterocycles. The van der Waals surface area contributed by atoms with Crippen LogP contribution in [0.3, 0.4) is 0 Å². The Balaban J connectivity index is 1.57. The molecule has 0 radical (unpaired) electrons. The lowest BCUT2D eigenvalue weighted by Gasteiger charge is -2.26. The summed E-state index contributed by atoms with van der Waals surface area (Å²) in [7, 11) is 0. The molecule has 0 N–H and O–H groups in total. The zero-order valence-electron chi connectivity index (χ0n) is 22.2. The van der Waals surface area contributed by atoms with Crippen LogP contribution in [0, 0.1) is 46.7 Å². The monoisotopic (exact) mass is 600 g/mol. The Kier molecular flexibility index (Phi) is 9.37. The quantitative estimate of drug-likeness (QED) is 0.153. The first-order chi connectivity index (χ1) is 19.8. The van der Waals surface area contributed by atoms with Gasteiger partial charge in [-0.05, 0) is 73.1 Å². The van der Waals surface area contributed by atoms with Gasteiger partial charge in [0.05, 0.1) is 17.0 Å². The van der Waals surface area contributed by atoms with E-state index in [4.69, 9.17) is 4.74 Å². The number of hydrogen-bond donors (Lipinski definition) is 0. The van der Waals surface area contributed by atoms with Crippen LogP contribution in [-0.2, 0) is 4.79 Å². The maximum Gasteiger partial charge on any atom is 0.409 e. The molecular formula is C31H25F9O2. The predicted molar refractivity (Wildman–Crippen MR) is 138 cm³/mol. The van der Waals surface area contributed by atoms with Crippen molar-refractivity contribution in [2.75, 3.05) is 0 Å². The molecule has 42 heavy (non-hydrogen) atoms. The van der Waals surface area contributed by atoms with Crippen LogP contribution in [0.25, 0.3) is 28.3 Å². The number of esters is 1. The predicted octanol–water partition coefficient (Wildman–Crippen LogP) is 9.94. The minimum absolute atomic E-state index is 0.134. The third-order valence-electron chi connectivity index (χ3n) is 7.25. The Morgan fingerprint density at radius 3 is 1.67 bits per heavy atom. The molecule has 3 aromatic carbocycles. The summed E-state index contributed by atoms with van der Waals surface area (Å²) in [6.07, 6.45) is -0.142. The fraction of sp³-hybridized carbons (Fsp3) is 0.323. The second-order valence-corrected chi connectivity index (χ2v) is 10.2. The summed E-state index contributed by atoms with van der Waals surface area (Å²) in [6, 6.07) is 3.35. The maximum absolute atomic E-state index is 15.0. The first kappa shape index (κ1) is 31.2. The van der Waals surface area contributed by atoms with Crippen molar-refractivity contribution in [3.63, 3.8) is 0 Å². The lowest BCUT2D eigenvalue weighted by molar-refractivity contribution is -0.140. The molecule has 11 heteroatoms. The second-order valence-electron chi connectivity index (χ2n) is 10.2. The number of benzene rings is 3. The van der Waals surface area contributed by atoms with Crippen LogP contribution in [0.15, 0.2) is 42.5 Å². The Bertz CT molecular complexity index is 1430. The fourth-order valence-electron chi connectivity index (χ4n) is 5.24. The van der Waals surface area contributed by atoms with Crippen molar-refractivity contribution in [3.8, 4) is 28.0 Å². The number of alkyl halides is 3. The maximum atomic E-state index is 15.0. The fourth-order valence-corrected chi connectivity index (χ4v) is 5.24. The van der Waals surface area contributed by atoms with E-state index in [0.29, 0.717) is 55.2 Å². The highest BCUT2D eigenvalue weighted by Crippen LogP contribution is 2.37. The molecule has 0 aliphatic heterocycles. The van der Waals surface area contributed by atoms with Crippen LogP contribution >= 0.6 is 0 Å². The molecule has 4 rings (SSSR count). The van der Waals surface area contributed by atoms with E-state index in [-0.39, 0.29) is 6.08 Å². The summed E-state index contributed by atoms with van der Waals surface area (Å²) < 4.78 is 131. The number of halogens is 9. The van der Waals surface area contributed by atoms with Gasteiger partial charge in [-0.1, -0.05) is 19.8 Å². The van der Waals surface area contributed by atoms with Crippen LogP contribution in [0.1, 0.15) is 51.0 Å². The number of carbonyl (C=O) groups is 1. The lowest BCUT2D eigenvalue weighted by Crippen LogP contribution is -2.25. The van der Waals surface area contributed by atoms with Gasteiger partial charge in [0.1, 0.15) is 40.7 Å². The van der Waals surface area contributed by atoms with Gasteiger partial charge in [-0.3, -0.25) is 4.79 Å². The molecular weight excluding hydrogens is 575 g/mol. The van der Waals surface area contributed by atoms with E-state index in [0.717, 1.165) is 25.7 Å². The van der Waals surface area contributed by atoms with Crippen LogP contribution in [0.2, 0.25) is 0 Å². The van der Waals surface area contributed by atoms with Crippen molar-refractivity contribution >= 4 is 12.0 Å². The van der Waals surface area contributed by atoms with Crippen molar-refractivity contribution in [1.29, 1.82) is 0 Å². The molecule has 3 aromatic rings. The zero-order chi connectivity index (χ0) is 30.8. The van der Waals surface area contributed by atoms with Gasteiger partial charge in [-0.25, -0.2) is 26.3 Å². The largest absolute Gasteiger partial charge is 0.426 e. The third-order valence-corrected chi connectivity index (χ3v) is 7.25. The number of carbonyl (C=O) groups excluding carboxylic acids is 1. The highest BCUT2D eigenvalue weighted by atomic mass is 19.4. The molecule has 1 aliphatic carbocycles. The standard InChI is InChI=1S/C31H25F9O2/c1-2-3-16-4-6-17(7-5-16)30(41)42-20-14-26(36)29(27(37)15-20)19-12-24(34)28(25(35)13-19)18-10-22(32)21(23(33)11-18)8-9-31(38,39)40/h8-17H,2-7H2,1H3/b9-8+. The average molecular weight is 601 g/mol. The highest BCUT2D eigenvalue weighted by Gasteiger charge is 2.28. The lowest BCUT2D eigenvalue weighted by atomic mass is 9.80. The molecule has 1 aliphatic rings. The van der Waals surface area contributed by atoms with Gasteiger partial charge in [0, 0.05) is 23.8 Å². The van der Waals surface area contributed by atoms with Gasteiger partial charge < -0.3 is 4.74 Å². The molecule has 224 valence electrons. The molecule has 0 spiro atoms. The Labute approximate surface area is 235 Å². The summed E-state index contributed by atoms with van der Waals surface area (Å²) in [5.74, 6) is -9.44. The first-order valence-corrected chi connectivity index (χ1v) is 13.2. The topological polar surface area (TPSA) is 26.3 Å². The molecule has 0 unspecified atom stereocenters. The van der Waals surface area contributed by atoms with E-state index in [2.05, 4.69) is 6.92 Å². The van der Waals surface area contributed by atoms with E-state index < -0.39 is 92.6 Å². The normalized spacial score (nSPS) is 17.6. The van der Waals surface area contributed by atoms with Crippen LogP contribution < -0.4 is 4.74 Å². The number of rotatable bonds is 7. The molecule has 0 aromatic heterocycles. The first-order valence-electron chi connectivity index (χ1n) is 13.2.